The van der Waals surface area contributed by atoms with Gasteiger partial charge < -0.3 is 15.4 Å². The molecule has 1 aromatic rings. The van der Waals surface area contributed by atoms with Crippen LogP contribution in [-0.4, -0.2) is 59.3 Å². The van der Waals surface area contributed by atoms with Crippen LogP contribution in [0, 0.1) is 0 Å². The van der Waals surface area contributed by atoms with Gasteiger partial charge in [0.1, 0.15) is 0 Å². The fraction of sp³-hybridized carbons (Fsp3) is 0.316. The third-order valence-corrected chi connectivity index (χ3v) is 4.55. The molecule has 2 aliphatic rings. The van der Waals surface area contributed by atoms with Crippen LogP contribution in [0.2, 0.25) is 0 Å². The molecule has 1 saturated heterocycles. The van der Waals surface area contributed by atoms with Crippen LogP contribution >= 0.6 is 0 Å². The summed E-state index contributed by atoms with van der Waals surface area (Å²) >= 11 is 0. The van der Waals surface area contributed by atoms with E-state index in [9.17, 15) is 24.0 Å². The summed E-state index contributed by atoms with van der Waals surface area (Å²) in [4.78, 5) is 63.0. The molecule has 0 saturated carbocycles. The molecular formula is C19H20N4O6. The van der Waals surface area contributed by atoms with Crippen molar-refractivity contribution < 1.29 is 28.7 Å². The quantitative estimate of drug-likeness (QED) is 0.411. The van der Waals surface area contributed by atoms with Crippen molar-refractivity contribution in [3.8, 4) is 0 Å². The predicted molar refractivity (Wildman–Crippen MR) is 99.0 cm³/mol. The lowest BCUT2D eigenvalue weighted by Crippen LogP contribution is -2.49. The number of nitrogens with one attached hydrogen (secondary N) is 2. The van der Waals surface area contributed by atoms with Crippen molar-refractivity contribution in [2.24, 2.45) is 0 Å². The molecule has 2 heterocycles. The Bertz CT molecular complexity index is 911. The van der Waals surface area contributed by atoms with Crippen LogP contribution < -0.4 is 10.6 Å². The maximum Gasteiger partial charge on any atom is 0.338 e. The van der Waals surface area contributed by atoms with Gasteiger partial charge in [-0.25, -0.2) is 19.3 Å². The second-order valence-electron chi connectivity index (χ2n) is 6.28. The molecule has 1 fully saturated rings. The van der Waals surface area contributed by atoms with Gasteiger partial charge in [-0.2, -0.15) is 0 Å². The lowest BCUT2D eigenvalue weighted by Gasteiger charge is -2.30. The molecule has 10 heteroatoms. The van der Waals surface area contributed by atoms with E-state index in [1.54, 1.807) is 44.2 Å². The minimum absolute atomic E-state index is 0.0218. The van der Waals surface area contributed by atoms with Gasteiger partial charge in [-0.1, -0.05) is 30.3 Å². The zero-order valence-electron chi connectivity index (χ0n) is 15.9. The van der Waals surface area contributed by atoms with E-state index in [2.05, 4.69) is 10.6 Å². The van der Waals surface area contributed by atoms with Gasteiger partial charge in [0.05, 0.1) is 30.5 Å². The number of likely N-dealkylation sites (N-methyl/N-ethyl adjacent to an activating group) is 1. The molecule has 1 atom stereocenters. The van der Waals surface area contributed by atoms with E-state index in [0.717, 1.165) is 4.90 Å². The first-order valence-electron chi connectivity index (χ1n) is 9.08. The number of carbonyl (C=O) groups is 5. The SMILES string of the molecule is CCOC(=O)C1=C(CN2C(=O)C(=O)N(CC)C2=O)NC(=O)N[C@@H]1c1ccccc1. The first-order chi connectivity index (χ1) is 13.9. The number of benzene rings is 1. The van der Waals surface area contributed by atoms with Crippen LogP contribution in [0.3, 0.4) is 0 Å². The minimum atomic E-state index is -1.02. The number of imide groups is 2. The van der Waals surface area contributed by atoms with Gasteiger partial charge in [-0.15, -0.1) is 0 Å². The number of ether oxygens (including phenoxy) is 1. The summed E-state index contributed by atoms with van der Waals surface area (Å²) in [7, 11) is 0. The molecule has 2 N–H and O–H groups in total. The second kappa shape index (κ2) is 8.13. The van der Waals surface area contributed by atoms with Crippen LogP contribution in [0.15, 0.2) is 41.6 Å². The van der Waals surface area contributed by atoms with Crippen LogP contribution in [0.4, 0.5) is 9.59 Å². The van der Waals surface area contributed by atoms with Crippen LogP contribution in [0.25, 0.3) is 0 Å². The molecule has 152 valence electrons. The number of esters is 1. The molecular weight excluding hydrogens is 380 g/mol. The van der Waals surface area contributed by atoms with Gasteiger partial charge >= 0.3 is 29.8 Å². The first-order valence-corrected chi connectivity index (χ1v) is 9.08. The van der Waals surface area contributed by atoms with E-state index in [1.807, 2.05) is 0 Å². The van der Waals surface area contributed by atoms with Crippen LogP contribution in [0.1, 0.15) is 25.5 Å². The standard InChI is InChI=1S/C19H20N4O6/c1-3-22-15(24)16(25)23(19(22)28)10-12-13(17(26)29-4-2)14(21-18(27)20-12)11-8-6-5-7-9-11/h5-9,14H,3-4,10H2,1-2H3,(H2,20,21,27)/t14-/m1/s1. The Morgan fingerprint density at radius 2 is 1.69 bits per heavy atom. The Morgan fingerprint density at radius 1 is 1.03 bits per heavy atom. The van der Waals surface area contributed by atoms with E-state index >= 15 is 0 Å². The number of nitrogens with zero attached hydrogens (tertiary/aromatic N) is 2. The van der Waals surface area contributed by atoms with E-state index in [0.29, 0.717) is 10.5 Å². The zero-order valence-corrected chi connectivity index (χ0v) is 15.9. The minimum Gasteiger partial charge on any atom is -0.463 e. The summed E-state index contributed by atoms with van der Waals surface area (Å²) in [6.07, 6.45) is 0. The van der Waals surface area contributed by atoms with E-state index in [1.165, 1.54) is 0 Å². The molecule has 6 amide bonds. The predicted octanol–water partition coefficient (Wildman–Crippen LogP) is 0.668. The molecule has 0 radical (unpaired) electrons. The Hall–Kier alpha value is -3.69. The highest BCUT2D eigenvalue weighted by molar-refractivity contribution is 6.44. The van der Waals surface area contributed by atoms with Gasteiger partial charge in [-0.05, 0) is 19.4 Å². The smallest absolute Gasteiger partial charge is 0.338 e. The summed E-state index contributed by atoms with van der Waals surface area (Å²) < 4.78 is 5.13. The van der Waals surface area contributed by atoms with Crippen molar-refractivity contribution in [1.29, 1.82) is 0 Å². The lowest BCUT2D eigenvalue weighted by atomic mass is 9.95. The van der Waals surface area contributed by atoms with Crippen molar-refractivity contribution >= 4 is 29.8 Å². The third kappa shape index (κ3) is 3.68. The largest absolute Gasteiger partial charge is 0.463 e. The number of urea groups is 2. The topological polar surface area (TPSA) is 125 Å². The maximum absolute atomic E-state index is 12.7. The lowest BCUT2D eigenvalue weighted by molar-refractivity contribution is -0.143. The van der Waals surface area contributed by atoms with Crippen molar-refractivity contribution in [3.05, 3.63) is 47.2 Å². The number of rotatable bonds is 6. The van der Waals surface area contributed by atoms with Gasteiger partial charge in [0.2, 0.25) is 0 Å². The molecule has 0 spiro atoms. The summed E-state index contributed by atoms with van der Waals surface area (Å²) in [6, 6.07) is 6.47. The summed E-state index contributed by atoms with van der Waals surface area (Å²) in [5.41, 5.74) is 0.697. The van der Waals surface area contributed by atoms with Crippen molar-refractivity contribution in [2.45, 2.75) is 19.9 Å². The molecule has 10 nitrogen and oxygen atoms in total. The van der Waals surface area contributed by atoms with Crippen molar-refractivity contribution in [1.82, 2.24) is 20.4 Å². The number of carbonyl (C=O) groups excluding carboxylic acids is 5. The molecule has 0 aromatic heterocycles. The monoisotopic (exact) mass is 400 g/mol. The molecule has 2 aliphatic heterocycles. The molecule has 1 aromatic carbocycles. The highest BCUT2D eigenvalue weighted by atomic mass is 16.5. The van der Waals surface area contributed by atoms with Crippen LogP contribution in [-0.2, 0) is 19.1 Å². The van der Waals surface area contributed by atoms with E-state index in [-0.39, 0.29) is 24.4 Å². The highest BCUT2D eigenvalue weighted by Crippen LogP contribution is 2.28. The summed E-state index contributed by atoms with van der Waals surface area (Å²) in [6.45, 7) is 2.88. The Balaban J connectivity index is 2.04. The van der Waals surface area contributed by atoms with Gasteiger partial charge in [0, 0.05) is 6.54 Å². The molecule has 0 unspecified atom stereocenters. The fourth-order valence-electron chi connectivity index (χ4n) is 3.21. The average molecular weight is 400 g/mol. The van der Waals surface area contributed by atoms with Crippen molar-refractivity contribution in [3.63, 3.8) is 0 Å². The van der Waals surface area contributed by atoms with Gasteiger partial charge in [0.15, 0.2) is 0 Å². The van der Waals surface area contributed by atoms with Crippen LogP contribution in [0.5, 0.6) is 0 Å². The second-order valence-corrected chi connectivity index (χ2v) is 6.28. The molecule has 0 aliphatic carbocycles. The molecule has 3 rings (SSSR count). The summed E-state index contributed by atoms with van der Waals surface area (Å²) in [5, 5.41) is 5.13. The third-order valence-electron chi connectivity index (χ3n) is 4.55. The number of hydrogen-bond donors (Lipinski definition) is 2. The Kier molecular flexibility index (Phi) is 5.62. The van der Waals surface area contributed by atoms with Crippen molar-refractivity contribution in [2.75, 3.05) is 19.7 Å². The molecule has 0 bridgehead atoms. The van der Waals surface area contributed by atoms with E-state index in [4.69, 9.17) is 4.74 Å². The Morgan fingerprint density at radius 3 is 2.28 bits per heavy atom. The van der Waals surface area contributed by atoms with E-state index < -0.39 is 42.4 Å². The summed E-state index contributed by atoms with van der Waals surface area (Å²) in [5.74, 6) is -2.67. The molecule has 29 heavy (non-hydrogen) atoms. The number of amides is 6. The highest BCUT2D eigenvalue weighted by Gasteiger charge is 2.45. The van der Waals surface area contributed by atoms with Gasteiger partial charge in [0.25, 0.3) is 0 Å². The Labute approximate surface area is 166 Å². The van der Waals surface area contributed by atoms with Gasteiger partial charge in [-0.3, -0.25) is 14.5 Å². The number of hydrogen-bond acceptors (Lipinski definition) is 6. The average Bonchev–Trinajstić information content (AvgIpc) is 2.91. The fourth-order valence-corrected chi connectivity index (χ4v) is 3.21. The zero-order chi connectivity index (χ0) is 21.1. The maximum atomic E-state index is 12.7. The first kappa shape index (κ1) is 20.1. The normalized spacial score (nSPS) is 19.4.